The topological polar surface area (TPSA) is 59.4 Å². The summed E-state index contributed by atoms with van der Waals surface area (Å²) in [6.07, 6.45) is 0. The third-order valence-corrected chi connectivity index (χ3v) is 6.28. The molecule has 0 spiro atoms. The number of imidazole rings is 1. The molecule has 2 aromatic carbocycles. The monoisotopic (exact) mass is 418 g/mol. The number of methoxy groups -OCH3 is 1. The molecule has 7 heteroatoms. The van der Waals surface area contributed by atoms with Gasteiger partial charge in [0, 0.05) is 30.9 Å². The second-order valence-corrected chi connectivity index (χ2v) is 8.28. The zero-order valence-corrected chi connectivity index (χ0v) is 17.5. The van der Waals surface area contributed by atoms with Crippen molar-refractivity contribution in [1.29, 1.82) is 0 Å². The lowest BCUT2D eigenvalue weighted by atomic mass is 10.1. The molecule has 30 heavy (non-hydrogen) atoms. The number of para-hydroxylation sites is 2. The maximum Gasteiger partial charge on any atom is 0.265 e. The SMILES string of the molecule is COc1ccc(NC(=O)c2cccs2)cc1CN1CCn2c(nc3ccccc32)C1. The summed E-state index contributed by atoms with van der Waals surface area (Å²) in [7, 11) is 1.68. The summed E-state index contributed by atoms with van der Waals surface area (Å²) in [5, 5.41) is 4.89. The molecule has 1 N–H and O–H groups in total. The normalized spacial score (nSPS) is 13.9. The minimum Gasteiger partial charge on any atom is -0.496 e. The summed E-state index contributed by atoms with van der Waals surface area (Å²) in [6.45, 7) is 3.36. The van der Waals surface area contributed by atoms with Gasteiger partial charge in [0.05, 0.1) is 29.6 Å². The predicted octanol–water partition coefficient (Wildman–Crippen LogP) is 4.37. The first-order valence-corrected chi connectivity index (χ1v) is 10.8. The molecular weight excluding hydrogens is 396 g/mol. The van der Waals surface area contributed by atoms with Crippen LogP contribution in [0.5, 0.6) is 5.75 Å². The van der Waals surface area contributed by atoms with E-state index in [9.17, 15) is 4.79 Å². The van der Waals surface area contributed by atoms with Gasteiger partial charge in [0.2, 0.25) is 0 Å². The summed E-state index contributed by atoms with van der Waals surface area (Å²) >= 11 is 1.43. The van der Waals surface area contributed by atoms with E-state index >= 15 is 0 Å². The van der Waals surface area contributed by atoms with Gasteiger partial charge in [0.25, 0.3) is 5.91 Å². The van der Waals surface area contributed by atoms with Gasteiger partial charge in [0.15, 0.2) is 0 Å². The predicted molar refractivity (Wildman–Crippen MR) is 119 cm³/mol. The number of hydrogen-bond acceptors (Lipinski definition) is 5. The van der Waals surface area contributed by atoms with Gasteiger partial charge in [-0.25, -0.2) is 4.98 Å². The second-order valence-electron chi connectivity index (χ2n) is 7.34. The maximum absolute atomic E-state index is 12.4. The average Bonchev–Trinajstić information content (AvgIpc) is 3.42. The van der Waals surface area contributed by atoms with Crippen LogP contribution in [0.25, 0.3) is 11.0 Å². The van der Waals surface area contributed by atoms with E-state index in [0.29, 0.717) is 4.88 Å². The van der Waals surface area contributed by atoms with E-state index in [1.54, 1.807) is 7.11 Å². The number of benzene rings is 2. The molecule has 4 aromatic rings. The zero-order valence-electron chi connectivity index (χ0n) is 16.7. The van der Waals surface area contributed by atoms with E-state index in [2.05, 4.69) is 33.0 Å². The Balaban J connectivity index is 1.35. The maximum atomic E-state index is 12.4. The Labute approximate surface area is 178 Å². The van der Waals surface area contributed by atoms with E-state index in [-0.39, 0.29) is 5.91 Å². The molecule has 5 rings (SSSR count). The van der Waals surface area contributed by atoms with Crippen LogP contribution in [0.2, 0.25) is 0 Å². The molecule has 3 heterocycles. The van der Waals surface area contributed by atoms with Gasteiger partial charge in [-0.2, -0.15) is 0 Å². The highest BCUT2D eigenvalue weighted by atomic mass is 32.1. The molecule has 152 valence electrons. The molecule has 0 atom stereocenters. The van der Waals surface area contributed by atoms with Crippen molar-refractivity contribution in [2.45, 2.75) is 19.6 Å². The number of rotatable bonds is 5. The Morgan fingerprint density at radius 1 is 1.17 bits per heavy atom. The van der Waals surface area contributed by atoms with Crippen LogP contribution < -0.4 is 10.1 Å². The molecule has 0 radical (unpaired) electrons. The first-order chi connectivity index (χ1) is 14.7. The zero-order chi connectivity index (χ0) is 20.5. The number of fused-ring (bicyclic) bond motifs is 3. The smallest absolute Gasteiger partial charge is 0.265 e. The first kappa shape index (κ1) is 18.8. The van der Waals surface area contributed by atoms with E-state index in [4.69, 9.17) is 9.72 Å². The van der Waals surface area contributed by atoms with Gasteiger partial charge in [-0.15, -0.1) is 11.3 Å². The van der Waals surface area contributed by atoms with E-state index in [1.165, 1.54) is 16.9 Å². The number of nitrogens with one attached hydrogen (secondary N) is 1. The molecule has 0 aliphatic carbocycles. The number of ether oxygens (including phenoxy) is 1. The highest BCUT2D eigenvalue weighted by molar-refractivity contribution is 7.12. The summed E-state index contributed by atoms with van der Waals surface area (Å²) in [5.74, 6) is 1.82. The first-order valence-electron chi connectivity index (χ1n) is 9.89. The molecule has 0 bridgehead atoms. The van der Waals surface area contributed by atoms with Gasteiger partial charge in [0.1, 0.15) is 11.6 Å². The lowest BCUT2D eigenvalue weighted by Gasteiger charge is -2.28. The molecule has 1 aliphatic rings. The van der Waals surface area contributed by atoms with Crippen molar-refractivity contribution in [2.75, 3.05) is 19.0 Å². The standard InChI is InChI=1S/C23H22N4O2S/c1-29-20-9-8-17(24-23(28)21-7-4-12-30-21)13-16(20)14-26-10-11-27-19-6-3-2-5-18(19)25-22(27)15-26/h2-9,12-13H,10-11,14-15H2,1H3,(H,24,28). The molecule has 0 saturated heterocycles. The van der Waals surface area contributed by atoms with Gasteiger partial charge < -0.3 is 14.6 Å². The minimum absolute atomic E-state index is 0.0900. The molecule has 0 unspecified atom stereocenters. The summed E-state index contributed by atoms with van der Waals surface area (Å²) in [6, 6.07) is 17.8. The minimum atomic E-state index is -0.0900. The summed E-state index contributed by atoms with van der Waals surface area (Å²) in [5.41, 5.74) is 4.06. The van der Waals surface area contributed by atoms with Crippen LogP contribution in [0.3, 0.4) is 0 Å². The van der Waals surface area contributed by atoms with Crippen molar-refractivity contribution in [3.8, 4) is 5.75 Å². The number of amides is 1. The van der Waals surface area contributed by atoms with Crippen molar-refractivity contribution in [3.05, 3.63) is 76.2 Å². The van der Waals surface area contributed by atoms with Crippen LogP contribution in [0.15, 0.2) is 60.0 Å². The fourth-order valence-corrected chi connectivity index (χ4v) is 4.59. The van der Waals surface area contributed by atoms with Crippen LogP contribution in [0, 0.1) is 0 Å². The van der Waals surface area contributed by atoms with Gasteiger partial charge in [-0.1, -0.05) is 18.2 Å². The van der Waals surface area contributed by atoms with Crippen molar-refractivity contribution >= 4 is 34.0 Å². The fraction of sp³-hybridized carbons (Fsp3) is 0.217. The number of anilines is 1. The summed E-state index contributed by atoms with van der Waals surface area (Å²) < 4.78 is 7.88. The molecule has 2 aromatic heterocycles. The van der Waals surface area contributed by atoms with Crippen LogP contribution >= 0.6 is 11.3 Å². The largest absolute Gasteiger partial charge is 0.496 e. The highest BCUT2D eigenvalue weighted by Crippen LogP contribution is 2.27. The van der Waals surface area contributed by atoms with Crippen LogP contribution in [-0.4, -0.2) is 34.0 Å². The Bertz CT molecular complexity index is 1200. The Morgan fingerprint density at radius 2 is 2.07 bits per heavy atom. The molecule has 6 nitrogen and oxygen atoms in total. The lowest BCUT2D eigenvalue weighted by Crippen LogP contribution is -2.33. The number of aromatic nitrogens is 2. The highest BCUT2D eigenvalue weighted by Gasteiger charge is 2.21. The van der Waals surface area contributed by atoms with Gasteiger partial charge in [-0.3, -0.25) is 9.69 Å². The second kappa shape index (κ2) is 7.93. The van der Waals surface area contributed by atoms with E-state index in [1.807, 2.05) is 41.8 Å². The van der Waals surface area contributed by atoms with Crippen molar-refractivity contribution in [2.24, 2.45) is 0 Å². The average molecular weight is 419 g/mol. The third-order valence-electron chi connectivity index (χ3n) is 5.42. The van der Waals surface area contributed by atoms with Crippen molar-refractivity contribution in [1.82, 2.24) is 14.5 Å². The quantitative estimate of drug-likeness (QED) is 0.523. The third kappa shape index (κ3) is 3.58. The number of carbonyl (C=O) groups is 1. The number of hydrogen-bond donors (Lipinski definition) is 1. The molecular formula is C23H22N4O2S. The van der Waals surface area contributed by atoms with Crippen LogP contribution in [0.4, 0.5) is 5.69 Å². The Morgan fingerprint density at radius 3 is 2.90 bits per heavy atom. The molecule has 1 aliphatic heterocycles. The summed E-state index contributed by atoms with van der Waals surface area (Å²) in [4.78, 5) is 20.3. The lowest BCUT2D eigenvalue weighted by molar-refractivity contribution is 0.103. The molecule has 0 saturated carbocycles. The molecule has 0 fully saturated rings. The van der Waals surface area contributed by atoms with Crippen LogP contribution in [-0.2, 0) is 19.6 Å². The van der Waals surface area contributed by atoms with Crippen molar-refractivity contribution < 1.29 is 9.53 Å². The molecule has 1 amide bonds. The fourth-order valence-electron chi connectivity index (χ4n) is 3.97. The van der Waals surface area contributed by atoms with Gasteiger partial charge >= 0.3 is 0 Å². The van der Waals surface area contributed by atoms with E-state index in [0.717, 1.165) is 54.5 Å². The number of thiophene rings is 1. The van der Waals surface area contributed by atoms with E-state index < -0.39 is 0 Å². The number of carbonyl (C=O) groups excluding carboxylic acids is 1. The van der Waals surface area contributed by atoms with Crippen molar-refractivity contribution in [3.63, 3.8) is 0 Å². The number of nitrogens with zero attached hydrogens (tertiary/aromatic N) is 3. The van der Waals surface area contributed by atoms with Gasteiger partial charge in [-0.05, 0) is 41.8 Å². The Kier molecular flexibility index (Phi) is 4.98. The Hall–Kier alpha value is -3.16. The van der Waals surface area contributed by atoms with Crippen LogP contribution in [0.1, 0.15) is 21.1 Å².